The fourth-order valence-electron chi connectivity index (χ4n) is 2.56. The number of aromatic nitrogens is 1. The van der Waals surface area contributed by atoms with Crippen molar-refractivity contribution in [3.05, 3.63) is 40.4 Å². The molecule has 0 fully saturated rings. The average Bonchev–Trinajstić information content (AvgIpc) is 3.14. The number of nitrogens with zero attached hydrogens (tertiary/aromatic N) is 1. The van der Waals surface area contributed by atoms with Gasteiger partial charge in [-0.15, -0.1) is 11.3 Å². The summed E-state index contributed by atoms with van der Waals surface area (Å²) in [7, 11) is 0. The van der Waals surface area contributed by atoms with E-state index in [9.17, 15) is 9.90 Å². The first kappa shape index (κ1) is 16.3. The van der Waals surface area contributed by atoms with E-state index < -0.39 is 5.60 Å². The molecule has 1 aromatic heterocycles. The standard InChI is InChI=1S/C16H19N3O2S2/c1-16(2,21)13-9-17-15(22-13)23-19-14(20)18-12-8-4-6-10-5-3-7-11(10)12/h4,6,8-9,21H,3,5,7H2,1-2H3,(H2,18,19,20). The van der Waals surface area contributed by atoms with E-state index in [4.69, 9.17) is 0 Å². The lowest BCUT2D eigenvalue weighted by Crippen LogP contribution is -2.23. The number of urea groups is 1. The summed E-state index contributed by atoms with van der Waals surface area (Å²) in [6.07, 6.45) is 4.88. The van der Waals surface area contributed by atoms with E-state index in [1.807, 2.05) is 12.1 Å². The number of thiazole rings is 1. The molecule has 5 nitrogen and oxygen atoms in total. The van der Waals surface area contributed by atoms with Gasteiger partial charge in [0.2, 0.25) is 0 Å². The maximum absolute atomic E-state index is 12.1. The van der Waals surface area contributed by atoms with Crippen LogP contribution in [0.3, 0.4) is 0 Å². The monoisotopic (exact) mass is 349 g/mol. The molecule has 0 aliphatic heterocycles. The number of aryl methyl sites for hydroxylation is 1. The lowest BCUT2D eigenvalue weighted by Gasteiger charge is -2.13. The summed E-state index contributed by atoms with van der Waals surface area (Å²) in [5, 5.41) is 12.8. The van der Waals surface area contributed by atoms with Crippen molar-refractivity contribution >= 4 is 35.0 Å². The van der Waals surface area contributed by atoms with Crippen LogP contribution in [0.4, 0.5) is 10.5 Å². The van der Waals surface area contributed by atoms with Crippen LogP contribution in [0.2, 0.25) is 0 Å². The van der Waals surface area contributed by atoms with Gasteiger partial charge in [-0.25, -0.2) is 9.78 Å². The van der Waals surface area contributed by atoms with Crippen molar-refractivity contribution < 1.29 is 9.90 Å². The van der Waals surface area contributed by atoms with Gasteiger partial charge in [0.15, 0.2) is 4.34 Å². The van der Waals surface area contributed by atoms with E-state index in [0.717, 1.165) is 41.8 Å². The highest BCUT2D eigenvalue weighted by Gasteiger charge is 2.20. The quantitative estimate of drug-likeness (QED) is 0.736. The highest BCUT2D eigenvalue weighted by atomic mass is 32.2. The number of aliphatic hydroxyl groups is 1. The number of fused-ring (bicyclic) bond motifs is 1. The third-order valence-electron chi connectivity index (χ3n) is 3.71. The fourth-order valence-corrected chi connectivity index (χ4v) is 4.11. The molecule has 0 unspecified atom stereocenters. The Kier molecular flexibility index (Phi) is 4.61. The van der Waals surface area contributed by atoms with Crippen LogP contribution in [0.1, 0.15) is 36.3 Å². The normalized spacial score (nSPS) is 13.7. The van der Waals surface area contributed by atoms with Crippen molar-refractivity contribution in [1.82, 2.24) is 9.71 Å². The van der Waals surface area contributed by atoms with Gasteiger partial charge in [0.05, 0.1) is 10.5 Å². The van der Waals surface area contributed by atoms with Gasteiger partial charge < -0.3 is 10.4 Å². The second-order valence-electron chi connectivity index (χ2n) is 6.00. The van der Waals surface area contributed by atoms with Crippen LogP contribution in [-0.2, 0) is 18.4 Å². The summed E-state index contributed by atoms with van der Waals surface area (Å²) in [6.45, 7) is 3.43. The van der Waals surface area contributed by atoms with Crippen molar-refractivity contribution in [3.63, 3.8) is 0 Å². The smallest absolute Gasteiger partial charge is 0.329 e. The number of benzene rings is 1. The molecule has 0 bridgehead atoms. The first-order valence-corrected chi connectivity index (χ1v) is 9.10. The predicted molar refractivity (Wildman–Crippen MR) is 93.8 cm³/mol. The molecule has 0 saturated heterocycles. The first-order chi connectivity index (χ1) is 10.9. The Hall–Kier alpha value is -1.57. The van der Waals surface area contributed by atoms with Crippen LogP contribution < -0.4 is 10.0 Å². The van der Waals surface area contributed by atoms with Gasteiger partial charge in [0, 0.05) is 23.8 Å². The molecule has 2 aromatic rings. The molecule has 122 valence electrons. The largest absolute Gasteiger partial charge is 0.385 e. The highest BCUT2D eigenvalue weighted by molar-refractivity contribution is 7.99. The first-order valence-electron chi connectivity index (χ1n) is 7.47. The van der Waals surface area contributed by atoms with Crippen LogP contribution in [0.5, 0.6) is 0 Å². The third kappa shape index (κ3) is 3.85. The Balaban J connectivity index is 1.58. The van der Waals surface area contributed by atoms with E-state index in [1.165, 1.54) is 22.5 Å². The van der Waals surface area contributed by atoms with Crippen molar-refractivity contribution in [2.24, 2.45) is 0 Å². The van der Waals surface area contributed by atoms with Crippen LogP contribution >= 0.6 is 23.3 Å². The summed E-state index contributed by atoms with van der Waals surface area (Å²) in [6, 6.07) is 5.76. The summed E-state index contributed by atoms with van der Waals surface area (Å²) in [4.78, 5) is 17.0. The number of carbonyl (C=O) groups is 1. The maximum atomic E-state index is 12.1. The summed E-state index contributed by atoms with van der Waals surface area (Å²) < 4.78 is 3.43. The van der Waals surface area contributed by atoms with Crippen LogP contribution in [0.15, 0.2) is 28.7 Å². The Morgan fingerprint density at radius 3 is 2.96 bits per heavy atom. The van der Waals surface area contributed by atoms with E-state index in [2.05, 4.69) is 21.1 Å². The van der Waals surface area contributed by atoms with Gasteiger partial charge in [-0.3, -0.25) is 4.72 Å². The molecule has 0 atom stereocenters. The molecular formula is C16H19N3O2S2. The SMILES string of the molecule is CC(C)(O)c1cnc(SNC(=O)Nc2cccc3c2CCC3)s1. The lowest BCUT2D eigenvalue weighted by atomic mass is 10.1. The van der Waals surface area contributed by atoms with Gasteiger partial charge in [0.25, 0.3) is 0 Å². The zero-order valence-corrected chi connectivity index (χ0v) is 14.7. The van der Waals surface area contributed by atoms with Gasteiger partial charge >= 0.3 is 6.03 Å². The molecule has 0 spiro atoms. The molecule has 1 aliphatic carbocycles. The molecule has 1 aromatic carbocycles. The Morgan fingerprint density at radius 1 is 1.39 bits per heavy atom. The predicted octanol–water partition coefficient (Wildman–Crippen LogP) is 3.69. The fraction of sp³-hybridized carbons (Fsp3) is 0.375. The molecule has 1 aliphatic rings. The summed E-state index contributed by atoms with van der Waals surface area (Å²) >= 11 is 2.52. The second kappa shape index (κ2) is 6.51. The molecule has 2 amide bonds. The third-order valence-corrected chi connectivity index (χ3v) is 5.89. The molecule has 23 heavy (non-hydrogen) atoms. The molecule has 0 radical (unpaired) electrons. The average molecular weight is 349 g/mol. The van der Waals surface area contributed by atoms with E-state index in [1.54, 1.807) is 20.0 Å². The Morgan fingerprint density at radius 2 is 2.22 bits per heavy atom. The minimum Gasteiger partial charge on any atom is -0.385 e. The van der Waals surface area contributed by atoms with Crippen molar-refractivity contribution in [2.45, 2.75) is 43.1 Å². The molecule has 0 saturated carbocycles. The Labute approximate surface area is 143 Å². The second-order valence-corrected chi connectivity index (χ2v) is 8.09. The molecule has 1 heterocycles. The van der Waals surface area contributed by atoms with Gasteiger partial charge in [-0.05, 0) is 50.3 Å². The van der Waals surface area contributed by atoms with Crippen LogP contribution in [-0.4, -0.2) is 16.1 Å². The van der Waals surface area contributed by atoms with E-state index >= 15 is 0 Å². The van der Waals surface area contributed by atoms with Gasteiger partial charge in [0.1, 0.15) is 0 Å². The molecule has 3 N–H and O–H groups in total. The van der Waals surface area contributed by atoms with Crippen LogP contribution in [0.25, 0.3) is 0 Å². The number of nitrogens with one attached hydrogen (secondary N) is 2. The number of hydrogen-bond acceptors (Lipinski definition) is 5. The topological polar surface area (TPSA) is 74.2 Å². The number of amides is 2. The zero-order valence-electron chi connectivity index (χ0n) is 13.0. The van der Waals surface area contributed by atoms with Crippen molar-refractivity contribution in [2.75, 3.05) is 5.32 Å². The van der Waals surface area contributed by atoms with E-state index in [-0.39, 0.29) is 6.03 Å². The minimum absolute atomic E-state index is 0.268. The summed E-state index contributed by atoms with van der Waals surface area (Å²) in [5.74, 6) is 0. The number of hydrogen-bond donors (Lipinski definition) is 3. The van der Waals surface area contributed by atoms with Gasteiger partial charge in [-0.1, -0.05) is 12.1 Å². The van der Waals surface area contributed by atoms with Crippen molar-refractivity contribution in [1.29, 1.82) is 0 Å². The van der Waals surface area contributed by atoms with Crippen LogP contribution in [0, 0.1) is 0 Å². The van der Waals surface area contributed by atoms with E-state index in [0.29, 0.717) is 4.34 Å². The number of carbonyl (C=O) groups excluding carboxylic acids is 1. The molecular weight excluding hydrogens is 330 g/mol. The van der Waals surface area contributed by atoms with Gasteiger partial charge in [-0.2, -0.15) is 0 Å². The van der Waals surface area contributed by atoms with Crippen molar-refractivity contribution in [3.8, 4) is 0 Å². The molecule has 3 rings (SSSR count). The summed E-state index contributed by atoms with van der Waals surface area (Å²) in [5.41, 5.74) is 2.54. The Bertz CT molecular complexity index is 722. The number of rotatable bonds is 4. The minimum atomic E-state index is -0.913. The molecule has 7 heteroatoms. The lowest BCUT2D eigenvalue weighted by molar-refractivity contribution is 0.0823. The number of anilines is 1. The maximum Gasteiger partial charge on any atom is 0.329 e. The zero-order chi connectivity index (χ0) is 16.4. The highest BCUT2D eigenvalue weighted by Crippen LogP contribution is 2.31.